The van der Waals surface area contributed by atoms with E-state index in [2.05, 4.69) is 54.3 Å². The van der Waals surface area contributed by atoms with E-state index < -0.39 is 0 Å². The molecule has 0 saturated carbocycles. The minimum absolute atomic E-state index is 0. The van der Waals surface area contributed by atoms with Crippen LogP contribution in [0.1, 0.15) is 19.7 Å². The van der Waals surface area contributed by atoms with Gasteiger partial charge < -0.3 is 20.1 Å². The number of aromatic hydroxyl groups is 1. The van der Waals surface area contributed by atoms with Crippen LogP contribution in [-0.4, -0.2) is 72.7 Å². The van der Waals surface area contributed by atoms with Crippen molar-refractivity contribution >= 4 is 36.4 Å². The van der Waals surface area contributed by atoms with Crippen LogP contribution in [0.4, 0.5) is 5.95 Å². The zero-order valence-corrected chi connectivity index (χ0v) is 22.0. The van der Waals surface area contributed by atoms with E-state index in [1.54, 1.807) is 36.0 Å². The lowest BCUT2D eigenvalue weighted by Crippen LogP contribution is -2.53. The molecular formula is C23H29Cl2N9O2. The summed E-state index contributed by atoms with van der Waals surface area (Å²) in [5, 5.41) is 27.3. The molecule has 4 aromatic rings. The molecule has 192 valence electrons. The van der Waals surface area contributed by atoms with Crippen LogP contribution < -0.4 is 15.0 Å². The van der Waals surface area contributed by atoms with Gasteiger partial charge in [0.1, 0.15) is 17.3 Å². The first-order chi connectivity index (χ1) is 16.4. The van der Waals surface area contributed by atoms with E-state index in [1.165, 1.54) is 7.11 Å². The first-order valence-corrected chi connectivity index (χ1v) is 11.2. The second kappa shape index (κ2) is 11.2. The number of fused-ring (bicyclic) bond motifs is 1. The van der Waals surface area contributed by atoms with E-state index >= 15 is 0 Å². The minimum Gasteiger partial charge on any atom is -0.507 e. The van der Waals surface area contributed by atoms with E-state index in [4.69, 9.17) is 4.74 Å². The number of aromatic nitrogens is 7. The van der Waals surface area contributed by atoms with Gasteiger partial charge in [0, 0.05) is 36.8 Å². The molecule has 1 aromatic carbocycles. The summed E-state index contributed by atoms with van der Waals surface area (Å²) in [5.41, 5.74) is 2.87. The summed E-state index contributed by atoms with van der Waals surface area (Å²) >= 11 is 0. The highest BCUT2D eigenvalue weighted by molar-refractivity contribution is 5.85. The molecule has 5 rings (SSSR count). The van der Waals surface area contributed by atoms with Crippen molar-refractivity contribution in [3.8, 4) is 34.1 Å². The second-order valence-electron chi connectivity index (χ2n) is 8.69. The molecule has 1 aliphatic heterocycles. The average Bonchev–Trinajstić information content (AvgIpc) is 3.23. The quantitative estimate of drug-likeness (QED) is 0.395. The number of nitrogens with one attached hydrogen (secondary N) is 1. The van der Waals surface area contributed by atoms with Crippen molar-refractivity contribution in [2.24, 2.45) is 5.92 Å². The van der Waals surface area contributed by atoms with Gasteiger partial charge in [0.25, 0.3) is 5.88 Å². The van der Waals surface area contributed by atoms with Gasteiger partial charge in [-0.05, 0) is 25.0 Å². The standard InChI is InChI=1S/C23H27N9O2.2ClH/c1-13(2)18-11-31(8-7-24-18)23-25-10-17(28-29-23)16-6-5-15(9-20(16)33)19-12-32-21(22(27-19)34-4)26-14(3)30-32;;/h5-6,9-10,12-13,18,24,33H,7-8,11H2,1-4H3;2*1H/t18-;;/m1../s1. The van der Waals surface area contributed by atoms with Gasteiger partial charge in [-0.15, -0.1) is 35.0 Å². The number of halogens is 2. The molecule has 3 aromatic heterocycles. The number of aryl methyl sites for hydroxylation is 1. The molecule has 1 fully saturated rings. The molecule has 36 heavy (non-hydrogen) atoms. The fourth-order valence-corrected chi connectivity index (χ4v) is 4.10. The van der Waals surface area contributed by atoms with Crippen LogP contribution in [0.5, 0.6) is 11.6 Å². The highest BCUT2D eigenvalue weighted by Crippen LogP contribution is 2.32. The lowest BCUT2D eigenvalue weighted by atomic mass is 10.0. The van der Waals surface area contributed by atoms with Crippen molar-refractivity contribution in [3.63, 3.8) is 0 Å². The third-order valence-electron chi connectivity index (χ3n) is 6.00. The molecule has 0 spiro atoms. The van der Waals surface area contributed by atoms with Crippen molar-refractivity contribution in [3.05, 3.63) is 36.4 Å². The number of phenols is 1. The van der Waals surface area contributed by atoms with Gasteiger partial charge in [0.2, 0.25) is 11.6 Å². The van der Waals surface area contributed by atoms with E-state index in [0.717, 1.165) is 19.6 Å². The lowest BCUT2D eigenvalue weighted by molar-refractivity contribution is 0.365. The summed E-state index contributed by atoms with van der Waals surface area (Å²) in [6.45, 7) is 8.76. The van der Waals surface area contributed by atoms with Crippen LogP contribution in [-0.2, 0) is 0 Å². The molecule has 1 atom stereocenters. The van der Waals surface area contributed by atoms with E-state index in [9.17, 15) is 5.11 Å². The Morgan fingerprint density at radius 3 is 2.61 bits per heavy atom. The molecular weight excluding hydrogens is 505 g/mol. The van der Waals surface area contributed by atoms with Crippen LogP contribution in [0.25, 0.3) is 28.2 Å². The largest absolute Gasteiger partial charge is 0.507 e. The van der Waals surface area contributed by atoms with Gasteiger partial charge in [-0.25, -0.2) is 19.5 Å². The van der Waals surface area contributed by atoms with Gasteiger partial charge in [-0.3, -0.25) is 0 Å². The zero-order valence-electron chi connectivity index (χ0n) is 20.4. The Morgan fingerprint density at radius 2 is 1.94 bits per heavy atom. The molecule has 1 aliphatic rings. The van der Waals surface area contributed by atoms with Crippen molar-refractivity contribution in [1.82, 2.24) is 40.1 Å². The minimum atomic E-state index is 0. The summed E-state index contributed by atoms with van der Waals surface area (Å²) in [4.78, 5) is 15.5. The molecule has 0 aliphatic carbocycles. The maximum Gasteiger partial charge on any atom is 0.260 e. The number of piperazine rings is 1. The third-order valence-corrected chi connectivity index (χ3v) is 6.00. The first kappa shape index (κ1) is 27.3. The third kappa shape index (κ3) is 5.28. The Hall–Kier alpha value is -3.28. The maximum absolute atomic E-state index is 10.8. The summed E-state index contributed by atoms with van der Waals surface area (Å²) in [6, 6.07) is 5.65. The Kier molecular flexibility index (Phi) is 8.49. The Morgan fingerprint density at radius 1 is 1.14 bits per heavy atom. The smallest absolute Gasteiger partial charge is 0.260 e. The molecule has 0 bridgehead atoms. The van der Waals surface area contributed by atoms with E-state index in [0.29, 0.717) is 57.8 Å². The van der Waals surface area contributed by atoms with Gasteiger partial charge in [0.15, 0.2) is 0 Å². The molecule has 2 N–H and O–H groups in total. The summed E-state index contributed by atoms with van der Waals surface area (Å²) in [5.74, 6) is 2.15. The number of rotatable bonds is 5. The van der Waals surface area contributed by atoms with E-state index in [1.807, 2.05) is 6.07 Å². The zero-order chi connectivity index (χ0) is 23.8. The van der Waals surface area contributed by atoms with Crippen LogP contribution in [0.15, 0.2) is 30.6 Å². The molecule has 0 amide bonds. The normalized spacial score (nSPS) is 15.5. The Balaban J connectivity index is 0.00000180. The number of anilines is 1. The number of ether oxygens (including phenoxy) is 1. The first-order valence-electron chi connectivity index (χ1n) is 11.2. The summed E-state index contributed by atoms with van der Waals surface area (Å²) < 4.78 is 7.00. The van der Waals surface area contributed by atoms with Gasteiger partial charge in [-0.1, -0.05) is 19.9 Å². The Labute approximate surface area is 221 Å². The molecule has 1 saturated heterocycles. The van der Waals surface area contributed by atoms with Crippen molar-refractivity contribution < 1.29 is 9.84 Å². The number of benzene rings is 1. The average molecular weight is 534 g/mol. The fraction of sp³-hybridized carbons (Fsp3) is 0.391. The van der Waals surface area contributed by atoms with Crippen LogP contribution in [0.3, 0.4) is 0 Å². The predicted octanol–water partition coefficient (Wildman–Crippen LogP) is 2.94. The van der Waals surface area contributed by atoms with Crippen LogP contribution in [0.2, 0.25) is 0 Å². The number of phenolic OH excluding ortho intramolecular Hbond substituents is 1. The van der Waals surface area contributed by atoms with E-state index in [-0.39, 0.29) is 30.6 Å². The lowest BCUT2D eigenvalue weighted by Gasteiger charge is -2.35. The van der Waals surface area contributed by atoms with Crippen molar-refractivity contribution in [2.45, 2.75) is 26.8 Å². The molecule has 13 heteroatoms. The number of nitrogens with zero attached hydrogens (tertiary/aromatic N) is 8. The number of hydrogen-bond acceptors (Lipinski definition) is 10. The van der Waals surface area contributed by atoms with Crippen LogP contribution >= 0.6 is 24.8 Å². The van der Waals surface area contributed by atoms with Gasteiger partial charge in [-0.2, -0.15) is 5.10 Å². The number of methoxy groups -OCH3 is 1. The highest BCUT2D eigenvalue weighted by atomic mass is 35.5. The van der Waals surface area contributed by atoms with Crippen molar-refractivity contribution in [2.75, 3.05) is 31.6 Å². The summed E-state index contributed by atoms with van der Waals surface area (Å²) in [7, 11) is 1.54. The van der Waals surface area contributed by atoms with Crippen LogP contribution in [0, 0.1) is 12.8 Å². The molecule has 11 nitrogen and oxygen atoms in total. The SMILES string of the molecule is COc1nc(-c2ccc(-c3cnc(N4CCN[C@@H](C(C)C)C4)nn3)c(O)c2)cn2nc(C)nc12.Cl.Cl. The van der Waals surface area contributed by atoms with Crippen molar-refractivity contribution in [1.29, 1.82) is 0 Å². The van der Waals surface area contributed by atoms with Gasteiger partial charge >= 0.3 is 0 Å². The Bertz CT molecular complexity index is 1330. The molecule has 0 unspecified atom stereocenters. The molecule has 0 radical (unpaired) electrons. The van der Waals surface area contributed by atoms with Gasteiger partial charge in [0.05, 0.1) is 25.2 Å². The molecule has 4 heterocycles. The number of hydrogen-bond donors (Lipinski definition) is 2. The second-order valence-corrected chi connectivity index (χ2v) is 8.69. The predicted molar refractivity (Wildman–Crippen MR) is 141 cm³/mol. The topological polar surface area (TPSA) is 126 Å². The summed E-state index contributed by atoms with van der Waals surface area (Å²) in [6.07, 6.45) is 3.40. The monoisotopic (exact) mass is 533 g/mol. The maximum atomic E-state index is 10.8. The fourth-order valence-electron chi connectivity index (χ4n) is 4.10. The highest BCUT2D eigenvalue weighted by Gasteiger charge is 2.24.